The molecule has 1 amide bonds. The Hall–Kier alpha value is -1.66. The number of piperazine rings is 1. The Morgan fingerprint density at radius 2 is 2.04 bits per heavy atom. The Balaban J connectivity index is 1.40. The van der Waals surface area contributed by atoms with Crippen molar-refractivity contribution >= 4 is 17.3 Å². The van der Waals surface area contributed by atoms with Gasteiger partial charge in [0, 0.05) is 19.6 Å². The van der Waals surface area contributed by atoms with Gasteiger partial charge in [0.2, 0.25) is 5.91 Å². The maximum Gasteiger partial charge on any atom is 0.248 e. The average molecular weight is 332 g/mol. The zero-order chi connectivity index (χ0) is 16.5. The van der Waals surface area contributed by atoms with Gasteiger partial charge in [-0.15, -0.1) is 0 Å². The van der Waals surface area contributed by atoms with Crippen LogP contribution in [0.1, 0.15) is 19.3 Å². The molecule has 3 aliphatic rings. The summed E-state index contributed by atoms with van der Waals surface area (Å²) in [4.78, 5) is 17.0. The molecule has 2 N–H and O–H groups in total. The molecule has 0 bridgehead atoms. The first-order chi connectivity index (χ1) is 11.7. The molecule has 0 spiro atoms. The lowest BCUT2D eigenvalue weighted by atomic mass is 9.94. The van der Waals surface area contributed by atoms with Crippen molar-refractivity contribution in [3.8, 4) is 0 Å². The van der Waals surface area contributed by atoms with Gasteiger partial charge in [0.1, 0.15) is 11.9 Å². The van der Waals surface area contributed by atoms with Gasteiger partial charge in [-0.1, -0.05) is 0 Å². The summed E-state index contributed by atoms with van der Waals surface area (Å²) >= 11 is 0. The Morgan fingerprint density at radius 1 is 1.21 bits per heavy atom. The van der Waals surface area contributed by atoms with Crippen LogP contribution in [-0.4, -0.2) is 56.1 Å². The SMILES string of the molecule is O=C1Nc2cc(F)ccc2N2CCN(CCC3CCNCC3)CC12. The van der Waals surface area contributed by atoms with Gasteiger partial charge in [0.15, 0.2) is 0 Å². The number of hydrogen-bond donors (Lipinski definition) is 2. The highest BCUT2D eigenvalue weighted by molar-refractivity contribution is 6.03. The van der Waals surface area contributed by atoms with E-state index in [9.17, 15) is 9.18 Å². The molecule has 0 aromatic heterocycles. The van der Waals surface area contributed by atoms with Crippen LogP contribution >= 0.6 is 0 Å². The van der Waals surface area contributed by atoms with E-state index in [1.54, 1.807) is 6.07 Å². The van der Waals surface area contributed by atoms with Crippen molar-refractivity contribution in [3.05, 3.63) is 24.0 Å². The fourth-order valence-electron chi connectivity index (χ4n) is 4.17. The van der Waals surface area contributed by atoms with Crippen molar-refractivity contribution in [1.29, 1.82) is 0 Å². The van der Waals surface area contributed by atoms with Gasteiger partial charge < -0.3 is 15.5 Å². The standard InChI is InChI=1S/C18H25FN4O/c19-14-1-2-16-15(11-14)21-18(24)17-12-22(9-10-23(16)17)8-5-13-3-6-20-7-4-13/h1-2,11,13,17,20H,3-10,12H2,(H,21,24). The molecular weight excluding hydrogens is 307 g/mol. The first-order valence-corrected chi connectivity index (χ1v) is 9.01. The van der Waals surface area contributed by atoms with Gasteiger partial charge in [-0.25, -0.2) is 4.39 Å². The number of rotatable bonds is 3. The lowest BCUT2D eigenvalue weighted by Gasteiger charge is -2.45. The number of fused-ring (bicyclic) bond motifs is 3. The second-order valence-electron chi connectivity index (χ2n) is 7.14. The number of benzene rings is 1. The molecule has 5 nitrogen and oxygen atoms in total. The fourth-order valence-corrected chi connectivity index (χ4v) is 4.17. The predicted molar refractivity (Wildman–Crippen MR) is 92.8 cm³/mol. The van der Waals surface area contributed by atoms with E-state index in [1.165, 1.54) is 31.4 Å². The highest BCUT2D eigenvalue weighted by Crippen LogP contribution is 2.34. The van der Waals surface area contributed by atoms with Crippen LogP contribution in [0.2, 0.25) is 0 Å². The van der Waals surface area contributed by atoms with Gasteiger partial charge in [0.05, 0.1) is 11.4 Å². The number of piperidine rings is 1. The van der Waals surface area contributed by atoms with Crippen LogP contribution in [0.5, 0.6) is 0 Å². The number of carbonyl (C=O) groups excluding carboxylic acids is 1. The summed E-state index contributed by atoms with van der Waals surface area (Å²) in [6, 6.07) is 4.50. The normalized spacial score (nSPS) is 25.1. The maximum atomic E-state index is 13.4. The Labute approximate surface area is 142 Å². The monoisotopic (exact) mass is 332 g/mol. The number of carbonyl (C=O) groups is 1. The smallest absolute Gasteiger partial charge is 0.248 e. The predicted octanol–water partition coefficient (Wildman–Crippen LogP) is 1.66. The van der Waals surface area contributed by atoms with E-state index in [0.717, 1.165) is 50.9 Å². The number of nitrogens with zero attached hydrogens (tertiary/aromatic N) is 2. The summed E-state index contributed by atoms with van der Waals surface area (Å²) < 4.78 is 13.4. The molecule has 1 aromatic carbocycles. The highest BCUT2D eigenvalue weighted by Gasteiger charge is 2.37. The third-order valence-electron chi connectivity index (χ3n) is 5.61. The molecule has 3 aliphatic heterocycles. The van der Waals surface area contributed by atoms with Gasteiger partial charge in [-0.2, -0.15) is 0 Å². The van der Waals surface area contributed by atoms with Crippen LogP contribution in [0, 0.1) is 11.7 Å². The first kappa shape index (κ1) is 15.8. The maximum absolute atomic E-state index is 13.4. The lowest BCUT2D eigenvalue weighted by Crippen LogP contribution is -2.60. The van der Waals surface area contributed by atoms with Crippen LogP contribution < -0.4 is 15.5 Å². The van der Waals surface area contributed by atoms with Gasteiger partial charge >= 0.3 is 0 Å². The Bertz CT molecular complexity index is 617. The zero-order valence-corrected chi connectivity index (χ0v) is 13.9. The van der Waals surface area contributed by atoms with Crippen LogP contribution in [0.15, 0.2) is 18.2 Å². The summed E-state index contributed by atoms with van der Waals surface area (Å²) in [6.45, 7) is 5.88. The fraction of sp³-hybridized carbons (Fsp3) is 0.611. The van der Waals surface area contributed by atoms with Crippen LogP contribution in [0.25, 0.3) is 0 Å². The molecule has 2 fully saturated rings. The summed E-state index contributed by atoms with van der Waals surface area (Å²) in [5.41, 5.74) is 1.54. The third-order valence-corrected chi connectivity index (χ3v) is 5.61. The lowest BCUT2D eigenvalue weighted by molar-refractivity contribution is -0.118. The first-order valence-electron chi connectivity index (χ1n) is 9.01. The van der Waals surface area contributed by atoms with Gasteiger partial charge in [0.25, 0.3) is 0 Å². The summed E-state index contributed by atoms with van der Waals surface area (Å²) in [5.74, 6) is 0.487. The van der Waals surface area contributed by atoms with Crippen molar-refractivity contribution < 1.29 is 9.18 Å². The van der Waals surface area contributed by atoms with E-state index in [4.69, 9.17) is 0 Å². The van der Waals surface area contributed by atoms with Crippen LogP contribution in [0.3, 0.4) is 0 Å². The van der Waals surface area contributed by atoms with Crippen molar-refractivity contribution in [3.63, 3.8) is 0 Å². The second-order valence-corrected chi connectivity index (χ2v) is 7.14. The average Bonchev–Trinajstić information content (AvgIpc) is 2.61. The van der Waals surface area contributed by atoms with E-state index < -0.39 is 0 Å². The van der Waals surface area contributed by atoms with Crippen molar-refractivity contribution in [1.82, 2.24) is 10.2 Å². The number of anilines is 2. The van der Waals surface area contributed by atoms with E-state index in [2.05, 4.69) is 20.4 Å². The molecular formula is C18H25FN4O. The molecule has 1 unspecified atom stereocenters. The molecule has 1 aromatic rings. The van der Waals surface area contributed by atoms with E-state index in [1.807, 2.05) is 0 Å². The molecule has 3 heterocycles. The molecule has 1 atom stereocenters. The van der Waals surface area contributed by atoms with E-state index >= 15 is 0 Å². The zero-order valence-electron chi connectivity index (χ0n) is 13.9. The topological polar surface area (TPSA) is 47.6 Å². The summed E-state index contributed by atoms with van der Waals surface area (Å²) in [6.07, 6.45) is 3.75. The quantitative estimate of drug-likeness (QED) is 0.884. The number of amides is 1. The molecule has 0 radical (unpaired) electrons. The van der Waals surface area contributed by atoms with Crippen molar-refractivity contribution in [2.45, 2.75) is 25.3 Å². The van der Waals surface area contributed by atoms with E-state index in [-0.39, 0.29) is 17.8 Å². The van der Waals surface area contributed by atoms with Crippen molar-refractivity contribution in [2.75, 3.05) is 49.5 Å². The molecule has 0 saturated carbocycles. The van der Waals surface area contributed by atoms with E-state index in [0.29, 0.717) is 5.69 Å². The second kappa shape index (κ2) is 6.69. The van der Waals surface area contributed by atoms with Gasteiger partial charge in [-0.05, 0) is 63.0 Å². The minimum atomic E-state index is -0.312. The molecule has 0 aliphatic carbocycles. The highest BCUT2D eigenvalue weighted by atomic mass is 19.1. The Kier molecular flexibility index (Phi) is 4.41. The molecule has 2 saturated heterocycles. The van der Waals surface area contributed by atoms with Crippen molar-refractivity contribution in [2.24, 2.45) is 5.92 Å². The molecule has 24 heavy (non-hydrogen) atoms. The van der Waals surface area contributed by atoms with Gasteiger partial charge in [-0.3, -0.25) is 9.69 Å². The third kappa shape index (κ3) is 3.13. The molecule has 130 valence electrons. The largest absolute Gasteiger partial charge is 0.355 e. The molecule has 6 heteroatoms. The summed E-state index contributed by atoms with van der Waals surface area (Å²) in [7, 11) is 0. The number of nitrogens with one attached hydrogen (secondary N) is 2. The summed E-state index contributed by atoms with van der Waals surface area (Å²) in [5, 5.41) is 6.28. The van der Waals surface area contributed by atoms with Crippen LogP contribution in [-0.2, 0) is 4.79 Å². The minimum Gasteiger partial charge on any atom is -0.355 e. The number of hydrogen-bond acceptors (Lipinski definition) is 4. The number of halogens is 1. The molecule has 4 rings (SSSR count). The van der Waals surface area contributed by atoms with Crippen LogP contribution in [0.4, 0.5) is 15.8 Å². The minimum absolute atomic E-state index is 0.0142. The Morgan fingerprint density at radius 3 is 2.88 bits per heavy atom.